The molecule has 0 aliphatic heterocycles. The molecule has 34 heavy (non-hydrogen) atoms. The van der Waals surface area contributed by atoms with Crippen LogP contribution in [0.25, 0.3) is 10.9 Å². The van der Waals surface area contributed by atoms with Crippen LogP contribution in [0.4, 0.5) is 0 Å². The van der Waals surface area contributed by atoms with E-state index in [1.54, 1.807) is 24.3 Å². The topological polar surface area (TPSA) is 54.5 Å². The second-order valence-electron chi connectivity index (χ2n) is 8.50. The zero-order valence-electron chi connectivity index (χ0n) is 19.4. The molecule has 0 aliphatic carbocycles. The van der Waals surface area contributed by atoms with Gasteiger partial charge in [0.25, 0.3) is 5.91 Å². The summed E-state index contributed by atoms with van der Waals surface area (Å²) in [6.45, 7) is 4.01. The van der Waals surface area contributed by atoms with E-state index in [0.717, 1.165) is 29.7 Å². The number of fused-ring (bicyclic) bond motifs is 1. The van der Waals surface area contributed by atoms with Crippen LogP contribution in [0.2, 0.25) is 5.02 Å². The minimum Gasteiger partial charge on any atom is -0.489 e. The second-order valence-corrected chi connectivity index (χ2v) is 8.93. The van der Waals surface area contributed by atoms with Gasteiger partial charge in [-0.3, -0.25) is 14.7 Å². The molecule has 1 N–H and O–H groups in total. The van der Waals surface area contributed by atoms with E-state index >= 15 is 0 Å². The van der Waals surface area contributed by atoms with Crippen molar-refractivity contribution in [2.75, 3.05) is 13.6 Å². The third-order valence-electron chi connectivity index (χ3n) is 5.47. The van der Waals surface area contributed by atoms with E-state index in [1.165, 1.54) is 11.1 Å². The summed E-state index contributed by atoms with van der Waals surface area (Å²) in [5.41, 5.74) is 4.02. The van der Waals surface area contributed by atoms with E-state index in [0.29, 0.717) is 17.1 Å². The molecule has 5 nitrogen and oxygen atoms in total. The van der Waals surface area contributed by atoms with Gasteiger partial charge in [0, 0.05) is 35.3 Å². The predicted octanol–water partition coefficient (Wildman–Crippen LogP) is 5.72. The maximum Gasteiger partial charge on any atom is 0.251 e. The normalized spacial score (nSPS) is 12.0. The molecule has 0 saturated heterocycles. The number of nitrogens with one attached hydrogen (secondary N) is 1. The molecule has 4 aromatic rings. The maximum atomic E-state index is 12.3. The summed E-state index contributed by atoms with van der Waals surface area (Å²) in [7, 11) is 2.11. The van der Waals surface area contributed by atoms with Crippen molar-refractivity contribution in [2.24, 2.45) is 0 Å². The summed E-state index contributed by atoms with van der Waals surface area (Å²) in [5, 5.41) is 4.58. The summed E-state index contributed by atoms with van der Waals surface area (Å²) in [5.74, 6) is 0.608. The first-order valence-electron chi connectivity index (χ1n) is 11.3. The van der Waals surface area contributed by atoms with E-state index in [1.807, 2.05) is 31.3 Å². The maximum absolute atomic E-state index is 12.3. The Balaban J connectivity index is 1.25. The summed E-state index contributed by atoms with van der Waals surface area (Å²) in [6, 6.07) is 25.4. The Hall–Kier alpha value is -3.41. The lowest BCUT2D eigenvalue weighted by atomic mass is 10.1. The van der Waals surface area contributed by atoms with Gasteiger partial charge in [-0.1, -0.05) is 41.9 Å². The van der Waals surface area contributed by atoms with Gasteiger partial charge in [-0.25, -0.2) is 0 Å². The minimum atomic E-state index is -0.168. The predicted molar refractivity (Wildman–Crippen MR) is 137 cm³/mol. The molecule has 1 aromatic heterocycles. The van der Waals surface area contributed by atoms with E-state index in [2.05, 4.69) is 58.6 Å². The Bertz CT molecular complexity index is 1260. The first-order valence-corrected chi connectivity index (χ1v) is 11.7. The third-order valence-corrected chi connectivity index (χ3v) is 5.70. The summed E-state index contributed by atoms with van der Waals surface area (Å²) in [6.07, 6.45) is 1.65. The number of rotatable bonds is 9. The number of hydrogen-bond acceptors (Lipinski definition) is 4. The van der Waals surface area contributed by atoms with Crippen molar-refractivity contribution >= 4 is 28.4 Å². The summed E-state index contributed by atoms with van der Waals surface area (Å²) in [4.78, 5) is 18.9. The van der Waals surface area contributed by atoms with Gasteiger partial charge in [0.15, 0.2) is 0 Å². The number of carbonyl (C=O) groups excluding carboxylic acids is 1. The van der Waals surface area contributed by atoms with Gasteiger partial charge < -0.3 is 10.1 Å². The van der Waals surface area contributed by atoms with Gasteiger partial charge in [-0.15, -0.1) is 0 Å². The van der Waals surface area contributed by atoms with Crippen molar-refractivity contribution in [2.45, 2.75) is 26.1 Å². The molecule has 6 heteroatoms. The second kappa shape index (κ2) is 11.1. The highest BCUT2D eigenvalue weighted by Crippen LogP contribution is 2.18. The monoisotopic (exact) mass is 473 g/mol. The molecule has 0 fully saturated rings. The van der Waals surface area contributed by atoms with Crippen LogP contribution >= 0.6 is 11.6 Å². The Labute approximate surface area is 205 Å². The Kier molecular flexibility index (Phi) is 7.78. The number of aromatic nitrogens is 1. The SMILES string of the molecule is CC(CNC(=O)c1cccc(Cl)c1)Oc1ccc(CN(C)Cc2ccc3ncccc3c2)cc1. The quantitative estimate of drug-likeness (QED) is 0.338. The lowest BCUT2D eigenvalue weighted by molar-refractivity contribution is 0.0932. The third kappa shape index (κ3) is 6.56. The zero-order chi connectivity index (χ0) is 23.9. The van der Waals surface area contributed by atoms with Crippen molar-refractivity contribution in [1.82, 2.24) is 15.2 Å². The summed E-state index contributed by atoms with van der Waals surface area (Å²) >= 11 is 5.95. The molecule has 0 radical (unpaired) electrons. The highest BCUT2D eigenvalue weighted by atomic mass is 35.5. The summed E-state index contributed by atoms with van der Waals surface area (Å²) < 4.78 is 5.96. The highest BCUT2D eigenvalue weighted by Gasteiger charge is 2.10. The molecular formula is C28H28ClN3O2. The highest BCUT2D eigenvalue weighted by molar-refractivity contribution is 6.30. The molecule has 0 saturated carbocycles. The van der Waals surface area contributed by atoms with Crippen LogP contribution in [-0.4, -0.2) is 35.5 Å². The van der Waals surface area contributed by atoms with Gasteiger partial charge in [0.2, 0.25) is 0 Å². The van der Waals surface area contributed by atoms with Gasteiger partial charge in [0.1, 0.15) is 11.9 Å². The zero-order valence-corrected chi connectivity index (χ0v) is 20.1. The molecule has 1 unspecified atom stereocenters. The van der Waals surface area contributed by atoms with E-state index in [-0.39, 0.29) is 12.0 Å². The average Bonchev–Trinajstić information content (AvgIpc) is 2.83. The number of ether oxygens (including phenoxy) is 1. The molecule has 3 aromatic carbocycles. The van der Waals surface area contributed by atoms with Gasteiger partial charge >= 0.3 is 0 Å². The van der Waals surface area contributed by atoms with Crippen molar-refractivity contribution in [3.8, 4) is 5.75 Å². The van der Waals surface area contributed by atoms with Crippen molar-refractivity contribution in [3.05, 3.63) is 107 Å². The van der Waals surface area contributed by atoms with E-state index < -0.39 is 0 Å². The van der Waals surface area contributed by atoms with Crippen molar-refractivity contribution < 1.29 is 9.53 Å². The molecule has 1 amide bonds. The first-order chi connectivity index (χ1) is 16.5. The number of pyridine rings is 1. The molecule has 0 bridgehead atoms. The number of carbonyl (C=O) groups is 1. The fourth-order valence-corrected chi connectivity index (χ4v) is 4.01. The molecule has 0 aliphatic rings. The van der Waals surface area contributed by atoms with Crippen LogP contribution in [-0.2, 0) is 13.1 Å². The van der Waals surface area contributed by atoms with Gasteiger partial charge in [0.05, 0.1) is 12.1 Å². The molecule has 1 atom stereocenters. The Morgan fingerprint density at radius 3 is 2.56 bits per heavy atom. The van der Waals surface area contributed by atoms with Crippen LogP contribution in [0.3, 0.4) is 0 Å². The van der Waals surface area contributed by atoms with Crippen LogP contribution < -0.4 is 10.1 Å². The molecule has 1 heterocycles. The van der Waals surface area contributed by atoms with E-state index in [4.69, 9.17) is 16.3 Å². The smallest absolute Gasteiger partial charge is 0.251 e. The van der Waals surface area contributed by atoms with Crippen LogP contribution in [0.15, 0.2) is 85.1 Å². The van der Waals surface area contributed by atoms with Gasteiger partial charge in [-0.2, -0.15) is 0 Å². The Morgan fingerprint density at radius 2 is 1.76 bits per heavy atom. The van der Waals surface area contributed by atoms with Gasteiger partial charge in [-0.05, 0) is 73.6 Å². The first kappa shape index (κ1) is 23.7. The fraction of sp³-hybridized carbons (Fsp3) is 0.214. The molecule has 0 spiro atoms. The standard InChI is InChI=1S/C28H28ClN3O2/c1-20(17-31-28(33)24-5-3-7-25(29)16-24)34-26-11-8-21(9-12-26)18-32(2)19-22-10-13-27-23(15-22)6-4-14-30-27/h3-16,20H,17-19H2,1-2H3,(H,31,33). The largest absolute Gasteiger partial charge is 0.489 e. The van der Waals surface area contributed by atoms with Crippen molar-refractivity contribution in [3.63, 3.8) is 0 Å². The number of halogens is 1. The van der Waals surface area contributed by atoms with E-state index in [9.17, 15) is 4.79 Å². The Morgan fingerprint density at radius 1 is 1.00 bits per heavy atom. The number of benzene rings is 3. The molecular weight excluding hydrogens is 446 g/mol. The fourth-order valence-electron chi connectivity index (χ4n) is 3.82. The lowest BCUT2D eigenvalue weighted by Gasteiger charge is -2.18. The van der Waals surface area contributed by atoms with Crippen molar-refractivity contribution in [1.29, 1.82) is 0 Å². The minimum absolute atomic E-state index is 0.168. The van der Waals surface area contributed by atoms with Crippen LogP contribution in [0, 0.1) is 0 Å². The molecule has 4 rings (SSSR count). The number of amides is 1. The lowest BCUT2D eigenvalue weighted by Crippen LogP contribution is -2.33. The average molecular weight is 474 g/mol. The number of hydrogen-bond donors (Lipinski definition) is 1. The van der Waals surface area contributed by atoms with Crippen LogP contribution in [0.1, 0.15) is 28.4 Å². The number of nitrogens with zero attached hydrogens (tertiary/aromatic N) is 2. The van der Waals surface area contributed by atoms with Crippen LogP contribution in [0.5, 0.6) is 5.75 Å². The molecule has 174 valence electrons.